The van der Waals surface area contributed by atoms with Crippen LogP contribution in [0.15, 0.2) is 63.6 Å². The van der Waals surface area contributed by atoms with Gasteiger partial charge in [0.2, 0.25) is 0 Å². The Morgan fingerprint density at radius 2 is 1.88 bits per heavy atom. The molecule has 0 saturated heterocycles. The van der Waals surface area contributed by atoms with Crippen LogP contribution in [0.4, 0.5) is 10.5 Å². The lowest BCUT2D eigenvalue weighted by molar-refractivity contribution is 0.163. The van der Waals surface area contributed by atoms with E-state index >= 15 is 0 Å². The number of benzene rings is 2. The quantitative estimate of drug-likeness (QED) is 0.638. The number of aryl methyl sites for hydroxylation is 1. The molecule has 0 aliphatic heterocycles. The monoisotopic (exact) mass is 400 g/mol. The van der Waals surface area contributed by atoms with Crippen molar-refractivity contribution < 1.29 is 14.1 Å². The summed E-state index contributed by atoms with van der Waals surface area (Å²) >= 11 is 3.39. The number of anilines is 1. The zero-order chi connectivity index (χ0) is 17.6. The van der Waals surface area contributed by atoms with Crippen molar-refractivity contribution in [1.82, 2.24) is 5.16 Å². The SMILES string of the molecule is Cc1noc(-c2ccc(Br)cc2)c1NC(=O)OCCc1ccccc1. The average Bonchev–Trinajstić information content (AvgIpc) is 2.97. The van der Waals surface area contributed by atoms with Crippen molar-refractivity contribution in [2.24, 2.45) is 0 Å². The van der Waals surface area contributed by atoms with Crippen LogP contribution in [-0.4, -0.2) is 17.9 Å². The molecule has 0 unspecified atom stereocenters. The van der Waals surface area contributed by atoms with E-state index in [1.807, 2.05) is 54.6 Å². The van der Waals surface area contributed by atoms with Crippen molar-refractivity contribution in [3.05, 3.63) is 70.3 Å². The molecule has 3 aromatic rings. The van der Waals surface area contributed by atoms with Crippen LogP contribution < -0.4 is 5.32 Å². The number of nitrogens with zero attached hydrogens (tertiary/aromatic N) is 1. The summed E-state index contributed by atoms with van der Waals surface area (Å²) in [5.41, 5.74) is 3.06. The number of nitrogens with one attached hydrogen (secondary N) is 1. The fraction of sp³-hybridized carbons (Fsp3) is 0.158. The highest BCUT2D eigenvalue weighted by atomic mass is 79.9. The minimum Gasteiger partial charge on any atom is -0.449 e. The fourth-order valence-electron chi connectivity index (χ4n) is 2.36. The van der Waals surface area contributed by atoms with Crippen LogP contribution in [0.1, 0.15) is 11.3 Å². The van der Waals surface area contributed by atoms with Crippen molar-refractivity contribution in [2.75, 3.05) is 11.9 Å². The van der Waals surface area contributed by atoms with Crippen molar-refractivity contribution in [3.63, 3.8) is 0 Å². The number of rotatable bonds is 5. The summed E-state index contributed by atoms with van der Waals surface area (Å²) in [5, 5.41) is 6.67. The highest BCUT2D eigenvalue weighted by Crippen LogP contribution is 2.31. The first-order valence-corrected chi connectivity index (χ1v) is 8.62. The largest absolute Gasteiger partial charge is 0.449 e. The number of hydrogen-bond donors (Lipinski definition) is 1. The lowest BCUT2D eigenvalue weighted by atomic mass is 10.1. The number of carbonyl (C=O) groups is 1. The molecule has 0 aliphatic rings. The Kier molecular flexibility index (Phi) is 5.50. The Morgan fingerprint density at radius 1 is 1.16 bits per heavy atom. The highest BCUT2D eigenvalue weighted by Gasteiger charge is 2.18. The molecule has 0 fully saturated rings. The van der Waals surface area contributed by atoms with Gasteiger partial charge >= 0.3 is 6.09 Å². The van der Waals surface area contributed by atoms with Gasteiger partial charge in [-0.05, 0) is 36.8 Å². The van der Waals surface area contributed by atoms with Crippen molar-refractivity contribution in [1.29, 1.82) is 0 Å². The first kappa shape index (κ1) is 17.2. The fourth-order valence-corrected chi connectivity index (χ4v) is 2.62. The molecule has 1 N–H and O–H groups in total. The van der Waals surface area contributed by atoms with Gasteiger partial charge in [-0.3, -0.25) is 5.32 Å². The minimum absolute atomic E-state index is 0.299. The van der Waals surface area contributed by atoms with Crippen molar-refractivity contribution in [2.45, 2.75) is 13.3 Å². The first-order chi connectivity index (χ1) is 12.1. The zero-order valence-corrected chi connectivity index (χ0v) is 15.2. The van der Waals surface area contributed by atoms with Gasteiger partial charge in [-0.1, -0.05) is 51.4 Å². The number of halogens is 1. The Bertz CT molecular complexity index is 845. The number of aromatic nitrogens is 1. The molecule has 128 valence electrons. The third-order valence-corrected chi connectivity index (χ3v) is 4.19. The smallest absolute Gasteiger partial charge is 0.411 e. The van der Waals surface area contributed by atoms with E-state index in [9.17, 15) is 4.79 Å². The molecule has 1 amide bonds. The lowest BCUT2D eigenvalue weighted by Gasteiger charge is -2.07. The third-order valence-electron chi connectivity index (χ3n) is 3.66. The second-order valence-electron chi connectivity index (χ2n) is 5.48. The Hall–Kier alpha value is -2.60. The maximum absolute atomic E-state index is 12.1. The summed E-state index contributed by atoms with van der Waals surface area (Å²) in [6, 6.07) is 17.4. The predicted molar refractivity (Wildman–Crippen MR) is 99.5 cm³/mol. The normalized spacial score (nSPS) is 10.5. The van der Waals surface area contributed by atoms with E-state index in [2.05, 4.69) is 26.4 Å². The minimum atomic E-state index is -0.527. The summed E-state index contributed by atoms with van der Waals surface area (Å²) in [7, 11) is 0. The third kappa shape index (κ3) is 4.48. The molecule has 1 heterocycles. The summed E-state index contributed by atoms with van der Waals surface area (Å²) in [5.74, 6) is 0.505. The van der Waals surface area contributed by atoms with E-state index in [-0.39, 0.29) is 0 Å². The second-order valence-corrected chi connectivity index (χ2v) is 6.39. The molecule has 0 radical (unpaired) electrons. The van der Waals surface area contributed by atoms with Gasteiger partial charge in [0.15, 0.2) is 5.76 Å². The number of amides is 1. The molecule has 6 heteroatoms. The van der Waals surface area contributed by atoms with Crippen LogP contribution in [-0.2, 0) is 11.2 Å². The zero-order valence-electron chi connectivity index (χ0n) is 13.7. The predicted octanol–water partition coefficient (Wildman–Crippen LogP) is 5.20. The molecule has 1 aromatic heterocycles. The Labute approximate surface area is 154 Å². The molecule has 0 atom stereocenters. The molecule has 0 spiro atoms. The van der Waals surface area contributed by atoms with E-state index in [0.29, 0.717) is 30.2 Å². The van der Waals surface area contributed by atoms with Crippen LogP contribution in [0, 0.1) is 6.92 Å². The molecular formula is C19H17BrN2O3. The van der Waals surface area contributed by atoms with Gasteiger partial charge in [-0.25, -0.2) is 4.79 Å². The highest BCUT2D eigenvalue weighted by molar-refractivity contribution is 9.10. The summed E-state index contributed by atoms with van der Waals surface area (Å²) in [6.45, 7) is 2.07. The van der Waals surface area contributed by atoms with Gasteiger partial charge in [0.25, 0.3) is 0 Å². The number of carbonyl (C=O) groups excluding carboxylic acids is 1. The first-order valence-electron chi connectivity index (χ1n) is 7.83. The van der Waals surface area contributed by atoms with Gasteiger partial charge in [-0.15, -0.1) is 0 Å². The number of hydrogen-bond acceptors (Lipinski definition) is 4. The molecule has 0 saturated carbocycles. The second kappa shape index (κ2) is 7.98. The molecule has 2 aromatic carbocycles. The molecular weight excluding hydrogens is 384 g/mol. The molecule has 0 bridgehead atoms. The van der Waals surface area contributed by atoms with Gasteiger partial charge in [-0.2, -0.15) is 0 Å². The average molecular weight is 401 g/mol. The van der Waals surface area contributed by atoms with Crippen LogP contribution >= 0.6 is 15.9 Å². The molecule has 0 aliphatic carbocycles. The maximum atomic E-state index is 12.1. The van der Waals surface area contributed by atoms with Gasteiger partial charge < -0.3 is 9.26 Å². The summed E-state index contributed by atoms with van der Waals surface area (Å²) < 4.78 is 11.6. The van der Waals surface area contributed by atoms with Crippen LogP contribution in [0.3, 0.4) is 0 Å². The number of ether oxygens (including phenoxy) is 1. The maximum Gasteiger partial charge on any atom is 0.411 e. The van der Waals surface area contributed by atoms with E-state index in [1.165, 1.54) is 0 Å². The standard InChI is InChI=1S/C19H17BrN2O3/c1-13-17(18(25-22-13)15-7-9-16(20)10-8-15)21-19(23)24-12-11-14-5-3-2-4-6-14/h2-10H,11-12H2,1H3,(H,21,23). The van der Waals surface area contributed by atoms with Crippen LogP contribution in [0.5, 0.6) is 0 Å². The van der Waals surface area contributed by atoms with E-state index < -0.39 is 6.09 Å². The van der Waals surface area contributed by atoms with Crippen molar-refractivity contribution in [3.8, 4) is 11.3 Å². The van der Waals surface area contributed by atoms with E-state index in [4.69, 9.17) is 9.26 Å². The Balaban J connectivity index is 1.63. The van der Waals surface area contributed by atoms with Gasteiger partial charge in [0.1, 0.15) is 11.4 Å². The van der Waals surface area contributed by atoms with Gasteiger partial charge in [0, 0.05) is 16.5 Å². The molecule has 3 rings (SSSR count). The van der Waals surface area contributed by atoms with E-state index in [1.54, 1.807) is 6.92 Å². The topological polar surface area (TPSA) is 64.4 Å². The molecule has 25 heavy (non-hydrogen) atoms. The van der Waals surface area contributed by atoms with Gasteiger partial charge in [0.05, 0.1) is 6.61 Å². The van der Waals surface area contributed by atoms with Crippen LogP contribution in [0.25, 0.3) is 11.3 Å². The van der Waals surface area contributed by atoms with E-state index in [0.717, 1.165) is 15.6 Å². The summed E-state index contributed by atoms with van der Waals surface area (Å²) in [4.78, 5) is 12.1. The lowest BCUT2D eigenvalue weighted by Crippen LogP contribution is -2.16. The summed E-state index contributed by atoms with van der Waals surface area (Å²) in [6.07, 6.45) is 0.136. The van der Waals surface area contributed by atoms with Crippen molar-refractivity contribution >= 4 is 27.7 Å². The Morgan fingerprint density at radius 3 is 2.60 bits per heavy atom. The molecule has 5 nitrogen and oxygen atoms in total. The van der Waals surface area contributed by atoms with Crippen LogP contribution in [0.2, 0.25) is 0 Å².